The van der Waals surface area contributed by atoms with Crippen molar-refractivity contribution >= 4 is 44.6 Å². The molecule has 112 valence electrons. The summed E-state index contributed by atoms with van der Waals surface area (Å²) in [4.78, 5) is -0.452. The van der Waals surface area contributed by atoms with Crippen molar-refractivity contribution in [3.05, 3.63) is 51.8 Å². The van der Waals surface area contributed by atoms with Crippen LogP contribution < -0.4 is 10.5 Å². The summed E-state index contributed by atoms with van der Waals surface area (Å²) < 4.78 is 40.3. The summed E-state index contributed by atoms with van der Waals surface area (Å²) in [6, 6.07) is 6.40. The van der Waals surface area contributed by atoms with Crippen LogP contribution in [0.1, 0.15) is 5.56 Å². The number of nitrogens with two attached hydrogens (primary N) is 1. The molecule has 0 saturated heterocycles. The third-order valence-electron chi connectivity index (χ3n) is 2.71. The van der Waals surface area contributed by atoms with Gasteiger partial charge < -0.3 is 5.73 Å². The molecule has 0 radical (unpaired) electrons. The third-order valence-corrected chi connectivity index (χ3v) is 4.73. The molecule has 0 bridgehead atoms. The first kappa shape index (κ1) is 15.9. The Bertz CT molecular complexity index is 787. The minimum absolute atomic E-state index is 0.0973. The molecule has 4 nitrogen and oxygen atoms in total. The minimum atomic E-state index is -4.10. The van der Waals surface area contributed by atoms with Crippen molar-refractivity contribution in [2.24, 2.45) is 0 Å². The van der Waals surface area contributed by atoms with Crippen molar-refractivity contribution in [3.63, 3.8) is 0 Å². The van der Waals surface area contributed by atoms with E-state index in [1.54, 1.807) is 6.92 Å². The second-order valence-corrected chi connectivity index (χ2v) is 6.86. The van der Waals surface area contributed by atoms with Crippen molar-refractivity contribution in [3.8, 4) is 0 Å². The van der Waals surface area contributed by atoms with E-state index in [1.807, 2.05) is 0 Å². The summed E-state index contributed by atoms with van der Waals surface area (Å²) in [5, 5.41) is 0.204. The maximum atomic E-state index is 13.7. The number of hydrogen-bond acceptors (Lipinski definition) is 3. The Morgan fingerprint density at radius 3 is 2.29 bits per heavy atom. The van der Waals surface area contributed by atoms with Crippen LogP contribution in [0.4, 0.5) is 15.8 Å². The largest absolute Gasteiger partial charge is 0.396 e. The summed E-state index contributed by atoms with van der Waals surface area (Å²) in [5.74, 6) is -0.847. The minimum Gasteiger partial charge on any atom is -0.396 e. The number of rotatable bonds is 3. The van der Waals surface area contributed by atoms with Crippen LogP contribution in [0.5, 0.6) is 0 Å². The molecular weight excluding hydrogens is 338 g/mol. The van der Waals surface area contributed by atoms with Gasteiger partial charge in [0, 0.05) is 0 Å². The Balaban J connectivity index is 2.45. The van der Waals surface area contributed by atoms with Gasteiger partial charge in [0.25, 0.3) is 10.0 Å². The molecule has 2 aromatic carbocycles. The predicted octanol–water partition coefficient (Wildman–Crippen LogP) is 3.82. The molecule has 0 atom stereocenters. The summed E-state index contributed by atoms with van der Waals surface area (Å²) in [6.45, 7) is 1.66. The van der Waals surface area contributed by atoms with E-state index in [2.05, 4.69) is 4.72 Å². The summed E-state index contributed by atoms with van der Waals surface area (Å²) in [5.41, 5.74) is 6.42. The highest BCUT2D eigenvalue weighted by molar-refractivity contribution is 7.92. The standard InChI is InChI=1S/C13H11Cl2FN2O2S/c1-7-2-3-11(16)12(4-7)21(19,20)18-8-5-9(14)13(17)10(15)6-8/h2-6,18H,17H2,1H3. The molecule has 0 aromatic heterocycles. The van der Waals surface area contributed by atoms with Gasteiger partial charge in [0.2, 0.25) is 0 Å². The van der Waals surface area contributed by atoms with Crippen LogP contribution in [-0.4, -0.2) is 8.42 Å². The number of sulfonamides is 1. The molecular formula is C13H11Cl2FN2O2S. The van der Waals surface area contributed by atoms with Gasteiger partial charge in [-0.25, -0.2) is 12.8 Å². The Kier molecular flexibility index (Phi) is 4.32. The fourth-order valence-corrected chi connectivity index (χ4v) is 3.36. The van der Waals surface area contributed by atoms with E-state index in [0.29, 0.717) is 5.56 Å². The fraction of sp³-hybridized carbons (Fsp3) is 0.0769. The number of benzene rings is 2. The second kappa shape index (κ2) is 5.71. The van der Waals surface area contributed by atoms with Gasteiger partial charge in [-0.1, -0.05) is 29.3 Å². The Hall–Kier alpha value is -1.50. The van der Waals surface area contributed by atoms with Gasteiger partial charge in [-0.05, 0) is 36.8 Å². The van der Waals surface area contributed by atoms with Crippen molar-refractivity contribution < 1.29 is 12.8 Å². The van der Waals surface area contributed by atoms with Crippen LogP contribution in [0, 0.1) is 12.7 Å². The lowest BCUT2D eigenvalue weighted by molar-refractivity contribution is 0.570. The second-order valence-electron chi connectivity index (χ2n) is 4.39. The zero-order valence-electron chi connectivity index (χ0n) is 10.8. The molecule has 8 heteroatoms. The van der Waals surface area contributed by atoms with Gasteiger partial charge in [-0.2, -0.15) is 0 Å². The van der Waals surface area contributed by atoms with E-state index >= 15 is 0 Å². The lowest BCUT2D eigenvalue weighted by Crippen LogP contribution is -2.15. The molecule has 21 heavy (non-hydrogen) atoms. The zero-order valence-corrected chi connectivity index (χ0v) is 13.2. The first-order valence-corrected chi connectivity index (χ1v) is 7.98. The van der Waals surface area contributed by atoms with E-state index in [9.17, 15) is 12.8 Å². The third kappa shape index (κ3) is 3.40. The van der Waals surface area contributed by atoms with Gasteiger partial charge in [-0.3, -0.25) is 4.72 Å². The lowest BCUT2D eigenvalue weighted by atomic mass is 10.2. The van der Waals surface area contributed by atoms with Crippen molar-refractivity contribution in [2.45, 2.75) is 11.8 Å². The Morgan fingerprint density at radius 1 is 1.14 bits per heavy atom. The summed E-state index contributed by atoms with van der Waals surface area (Å²) >= 11 is 11.7. The van der Waals surface area contributed by atoms with Gasteiger partial charge in [0.15, 0.2) is 0 Å². The molecule has 0 aliphatic carbocycles. The van der Waals surface area contributed by atoms with Crippen LogP contribution in [0.3, 0.4) is 0 Å². The molecule has 0 fully saturated rings. The highest BCUT2D eigenvalue weighted by Gasteiger charge is 2.20. The topological polar surface area (TPSA) is 72.2 Å². The van der Waals surface area contributed by atoms with Crippen LogP contribution in [0.15, 0.2) is 35.2 Å². The number of anilines is 2. The predicted molar refractivity (Wildman–Crippen MR) is 82.8 cm³/mol. The lowest BCUT2D eigenvalue weighted by Gasteiger charge is -2.11. The van der Waals surface area contributed by atoms with E-state index in [1.165, 1.54) is 24.3 Å². The quantitative estimate of drug-likeness (QED) is 0.828. The average Bonchev–Trinajstić information content (AvgIpc) is 2.38. The van der Waals surface area contributed by atoms with E-state index < -0.39 is 20.7 Å². The molecule has 0 spiro atoms. The number of nitrogens with one attached hydrogen (secondary N) is 1. The molecule has 0 saturated carbocycles. The molecule has 2 rings (SSSR count). The van der Waals surface area contributed by atoms with Crippen LogP contribution in [-0.2, 0) is 10.0 Å². The molecule has 2 aromatic rings. The first-order valence-electron chi connectivity index (χ1n) is 5.74. The molecule has 0 aliphatic heterocycles. The monoisotopic (exact) mass is 348 g/mol. The van der Waals surface area contributed by atoms with Crippen LogP contribution >= 0.6 is 23.2 Å². The zero-order chi connectivity index (χ0) is 15.8. The van der Waals surface area contributed by atoms with Gasteiger partial charge >= 0.3 is 0 Å². The van der Waals surface area contributed by atoms with Crippen molar-refractivity contribution in [1.29, 1.82) is 0 Å². The van der Waals surface area contributed by atoms with E-state index in [-0.39, 0.29) is 21.4 Å². The number of nitrogen functional groups attached to an aromatic ring is 1. The molecule has 0 unspecified atom stereocenters. The summed E-state index contributed by atoms with van der Waals surface area (Å²) in [6.07, 6.45) is 0. The first-order chi connectivity index (χ1) is 9.70. The maximum Gasteiger partial charge on any atom is 0.264 e. The van der Waals surface area contributed by atoms with Gasteiger partial charge in [0.1, 0.15) is 10.7 Å². The van der Waals surface area contributed by atoms with Crippen LogP contribution in [0.2, 0.25) is 10.0 Å². The van der Waals surface area contributed by atoms with Crippen LogP contribution in [0.25, 0.3) is 0 Å². The van der Waals surface area contributed by atoms with Gasteiger partial charge in [0.05, 0.1) is 21.4 Å². The van der Waals surface area contributed by atoms with Crippen molar-refractivity contribution in [2.75, 3.05) is 10.5 Å². The molecule has 0 aliphatic rings. The van der Waals surface area contributed by atoms with E-state index in [0.717, 1.165) is 6.07 Å². The Morgan fingerprint density at radius 2 is 1.71 bits per heavy atom. The average molecular weight is 349 g/mol. The molecule has 0 amide bonds. The SMILES string of the molecule is Cc1ccc(F)c(S(=O)(=O)Nc2cc(Cl)c(N)c(Cl)c2)c1. The van der Waals surface area contributed by atoms with Gasteiger partial charge in [-0.15, -0.1) is 0 Å². The fourth-order valence-electron chi connectivity index (χ4n) is 1.67. The van der Waals surface area contributed by atoms with Crippen molar-refractivity contribution in [1.82, 2.24) is 0 Å². The maximum absolute atomic E-state index is 13.7. The van der Waals surface area contributed by atoms with E-state index in [4.69, 9.17) is 28.9 Å². The molecule has 3 N–H and O–H groups in total. The number of halogens is 3. The highest BCUT2D eigenvalue weighted by atomic mass is 35.5. The highest BCUT2D eigenvalue weighted by Crippen LogP contribution is 2.32. The molecule has 0 heterocycles. The smallest absolute Gasteiger partial charge is 0.264 e. The Labute approximate surface area is 131 Å². The normalized spacial score (nSPS) is 11.4. The number of hydrogen-bond donors (Lipinski definition) is 2. The summed E-state index contributed by atoms with van der Waals surface area (Å²) in [7, 11) is -4.10. The number of aryl methyl sites for hydroxylation is 1.